The molecule has 0 amide bonds. The van der Waals surface area contributed by atoms with E-state index in [-0.39, 0.29) is 13.1 Å². The van der Waals surface area contributed by atoms with Crippen LogP contribution in [0.5, 0.6) is 0 Å². The molecule has 5 heteroatoms. The monoisotopic (exact) mass is 357 g/mol. The normalized spacial score (nSPS) is 12.4. The van der Waals surface area contributed by atoms with Gasteiger partial charge in [0.15, 0.2) is 0 Å². The van der Waals surface area contributed by atoms with Crippen LogP contribution in [-0.4, -0.2) is 46.7 Å². The second-order valence-electron chi connectivity index (χ2n) is 7.23. The molecule has 5 nitrogen and oxygen atoms in total. The van der Waals surface area contributed by atoms with Gasteiger partial charge in [0.1, 0.15) is 0 Å². The van der Waals surface area contributed by atoms with Crippen LogP contribution in [0.3, 0.4) is 0 Å². The first-order valence-corrected chi connectivity index (χ1v) is 10.2. The van der Waals surface area contributed by atoms with Gasteiger partial charge in [0, 0.05) is 6.54 Å². The van der Waals surface area contributed by atoms with Gasteiger partial charge in [-0.1, -0.05) is 78.1 Å². The highest BCUT2D eigenvalue weighted by atomic mass is 16.4. The number of unbranched alkanes of at least 4 members (excludes halogenated alkanes) is 8. The van der Waals surface area contributed by atoms with Gasteiger partial charge in [0.05, 0.1) is 13.1 Å². The molecule has 0 rings (SSSR count). The molecule has 0 aliphatic heterocycles. The highest BCUT2D eigenvalue weighted by Gasteiger charge is 2.18. The zero-order valence-electron chi connectivity index (χ0n) is 16.3. The Balaban J connectivity index is 4.39. The van der Waals surface area contributed by atoms with Crippen molar-refractivity contribution in [3.8, 4) is 0 Å². The SMILES string of the molecule is CCCCCCCCC(CCCCCC)CN(CC(=O)O)CC(=O)O. The number of aliphatic carboxylic acids is 2. The maximum absolute atomic E-state index is 11.0. The van der Waals surface area contributed by atoms with Gasteiger partial charge in [-0.2, -0.15) is 0 Å². The molecule has 0 spiro atoms. The third kappa shape index (κ3) is 16.1. The molecule has 2 N–H and O–H groups in total. The molecule has 0 aromatic heterocycles. The van der Waals surface area contributed by atoms with E-state index in [2.05, 4.69) is 13.8 Å². The summed E-state index contributed by atoms with van der Waals surface area (Å²) in [4.78, 5) is 23.6. The van der Waals surface area contributed by atoms with Crippen molar-refractivity contribution >= 4 is 11.9 Å². The smallest absolute Gasteiger partial charge is 0.317 e. The van der Waals surface area contributed by atoms with Crippen LogP contribution in [0.2, 0.25) is 0 Å². The van der Waals surface area contributed by atoms with Gasteiger partial charge in [-0.15, -0.1) is 0 Å². The van der Waals surface area contributed by atoms with Crippen LogP contribution in [0.1, 0.15) is 90.9 Å². The van der Waals surface area contributed by atoms with Crippen LogP contribution < -0.4 is 0 Å². The first-order chi connectivity index (χ1) is 12.0. The maximum Gasteiger partial charge on any atom is 0.317 e. The van der Waals surface area contributed by atoms with Crippen LogP contribution in [0.15, 0.2) is 0 Å². The van der Waals surface area contributed by atoms with E-state index in [4.69, 9.17) is 10.2 Å². The van der Waals surface area contributed by atoms with Gasteiger partial charge in [-0.05, 0) is 18.8 Å². The average molecular weight is 358 g/mol. The quantitative estimate of drug-likeness (QED) is 0.345. The molecule has 1 atom stereocenters. The van der Waals surface area contributed by atoms with Crippen LogP contribution in [0, 0.1) is 5.92 Å². The van der Waals surface area contributed by atoms with Gasteiger partial charge >= 0.3 is 11.9 Å². The minimum absolute atomic E-state index is 0.186. The molecule has 0 bridgehead atoms. The van der Waals surface area contributed by atoms with Crippen molar-refractivity contribution in [3.63, 3.8) is 0 Å². The number of hydrogen-bond acceptors (Lipinski definition) is 3. The highest BCUT2D eigenvalue weighted by Crippen LogP contribution is 2.20. The Kier molecular flexibility index (Phi) is 15.7. The van der Waals surface area contributed by atoms with E-state index in [1.165, 1.54) is 51.4 Å². The molecule has 0 radical (unpaired) electrons. The molecule has 25 heavy (non-hydrogen) atoms. The number of nitrogens with zero attached hydrogens (tertiary/aromatic N) is 1. The van der Waals surface area contributed by atoms with Crippen LogP contribution in [0.4, 0.5) is 0 Å². The van der Waals surface area contributed by atoms with Gasteiger partial charge in [0.2, 0.25) is 0 Å². The second kappa shape index (κ2) is 16.4. The molecule has 0 heterocycles. The van der Waals surface area contributed by atoms with Crippen molar-refractivity contribution < 1.29 is 19.8 Å². The molecule has 0 aliphatic rings. The molecule has 0 saturated carbocycles. The number of carboxylic acid groups (broad SMARTS) is 2. The Hall–Kier alpha value is -1.10. The molecule has 0 fully saturated rings. The lowest BCUT2D eigenvalue weighted by Crippen LogP contribution is -2.38. The first-order valence-electron chi connectivity index (χ1n) is 10.2. The standard InChI is InChI=1S/C20H39NO4/c1-3-5-7-9-10-12-14-18(13-11-8-6-4-2)15-21(16-19(22)23)17-20(24)25/h18H,3-17H2,1-2H3,(H,22,23)(H,24,25). The maximum atomic E-state index is 11.0. The van der Waals surface area contributed by atoms with Crippen molar-refractivity contribution in [2.75, 3.05) is 19.6 Å². The van der Waals surface area contributed by atoms with Gasteiger partial charge < -0.3 is 10.2 Å². The first kappa shape index (κ1) is 23.9. The zero-order valence-corrected chi connectivity index (χ0v) is 16.3. The minimum Gasteiger partial charge on any atom is -0.480 e. The van der Waals surface area contributed by atoms with E-state index >= 15 is 0 Å². The van der Waals surface area contributed by atoms with Crippen molar-refractivity contribution in [1.82, 2.24) is 4.90 Å². The fourth-order valence-corrected chi connectivity index (χ4v) is 3.33. The lowest BCUT2D eigenvalue weighted by Gasteiger charge is -2.25. The third-order valence-corrected chi connectivity index (χ3v) is 4.67. The number of carboxylic acids is 2. The average Bonchev–Trinajstić information content (AvgIpc) is 2.53. The number of rotatable bonds is 18. The zero-order chi connectivity index (χ0) is 18.9. The topological polar surface area (TPSA) is 77.8 Å². The molecule has 0 aromatic rings. The fraction of sp³-hybridized carbons (Fsp3) is 0.900. The molecular formula is C20H39NO4. The van der Waals surface area contributed by atoms with Crippen LogP contribution in [-0.2, 0) is 9.59 Å². The van der Waals surface area contributed by atoms with Crippen molar-refractivity contribution in [2.45, 2.75) is 90.9 Å². The molecule has 1 unspecified atom stereocenters. The minimum atomic E-state index is -0.953. The van der Waals surface area contributed by atoms with E-state index in [1.807, 2.05) is 0 Å². The summed E-state index contributed by atoms with van der Waals surface area (Å²) in [7, 11) is 0. The summed E-state index contributed by atoms with van der Waals surface area (Å²) in [5.74, 6) is -1.50. The Morgan fingerprint density at radius 1 is 0.720 bits per heavy atom. The summed E-state index contributed by atoms with van der Waals surface area (Å²) in [5, 5.41) is 18.0. The molecule has 0 saturated heterocycles. The summed E-state index contributed by atoms with van der Waals surface area (Å²) in [5.41, 5.74) is 0. The third-order valence-electron chi connectivity index (χ3n) is 4.67. The van der Waals surface area contributed by atoms with Gasteiger partial charge in [0.25, 0.3) is 0 Å². The number of carbonyl (C=O) groups is 2. The van der Waals surface area contributed by atoms with Gasteiger partial charge in [-0.3, -0.25) is 14.5 Å². The lowest BCUT2D eigenvalue weighted by molar-refractivity contribution is -0.142. The van der Waals surface area contributed by atoms with Crippen molar-refractivity contribution in [3.05, 3.63) is 0 Å². The fourth-order valence-electron chi connectivity index (χ4n) is 3.33. The molecule has 0 aliphatic carbocycles. The van der Waals surface area contributed by atoms with Crippen LogP contribution in [0.25, 0.3) is 0 Å². The van der Waals surface area contributed by atoms with Crippen LogP contribution >= 0.6 is 0 Å². The summed E-state index contributed by atoms with van der Waals surface area (Å²) >= 11 is 0. The Labute approximate surface area is 153 Å². The Morgan fingerprint density at radius 2 is 1.12 bits per heavy atom. The van der Waals surface area contributed by atoms with E-state index in [9.17, 15) is 9.59 Å². The Bertz CT molecular complexity index is 331. The predicted octanol–water partition coefficient (Wildman–Crippen LogP) is 4.79. The summed E-state index contributed by atoms with van der Waals surface area (Å²) in [6.07, 6.45) is 14.4. The second-order valence-corrected chi connectivity index (χ2v) is 7.23. The number of hydrogen-bond donors (Lipinski definition) is 2. The summed E-state index contributed by atoms with van der Waals surface area (Å²) in [6, 6.07) is 0. The van der Waals surface area contributed by atoms with E-state index in [1.54, 1.807) is 4.90 Å². The molecule has 0 aromatic carbocycles. The molecule has 148 valence electrons. The summed E-state index contributed by atoms with van der Waals surface area (Å²) in [6.45, 7) is 4.61. The lowest BCUT2D eigenvalue weighted by atomic mass is 9.93. The van der Waals surface area contributed by atoms with Gasteiger partial charge in [-0.25, -0.2) is 0 Å². The predicted molar refractivity (Wildman–Crippen MR) is 102 cm³/mol. The van der Waals surface area contributed by atoms with E-state index < -0.39 is 11.9 Å². The van der Waals surface area contributed by atoms with Crippen molar-refractivity contribution in [2.24, 2.45) is 5.92 Å². The largest absolute Gasteiger partial charge is 0.480 e. The van der Waals surface area contributed by atoms with E-state index in [0.29, 0.717) is 12.5 Å². The van der Waals surface area contributed by atoms with E-state index in [0.717, 1.165) is 25.7 Å². The molecular weight excluding hydrogens is 318 g/mol. The van der Waals surface area contributed by atoms with Crippen molar-refractivity contribution in [1.29, 1.82) is 0 Å². The highest BCUT2D eigenvalue weighted by molar-refractivity contribution is 5.72. The summed E-state index contributed by atoms with van der Waals surface area (Å²) < 4.78 is 0. The Morgan fingerprint density at radius 3 is 1.56 bits per heavy atom.